The van der Waals surface area contributed by atoms with Crippen molar-refractivity contribution in [2.75, 3.05) is 5.73 Å². The summed E-state index contributed by atoms with van der Waals surface area (Å²) in [5, 5.41) is 0. The van der Waals surface area contributed by atoms with E-state index in [-0.39, 0.29) is 0 Å². The summed E-state index contributed by atoms with van der Waals surface area (Å²) in [6, 6.07) is 6.25. The summed E-state index contributed by atoms with van der Waals surface area (Å²) in [5.41, 5.74) is 9.40. The fourth-order valence-electron chi connectivity index (χ4n) is 1.35. The highest BCUT2D eigenvalue weighted by Gasteiger charge is 2.07. The summed E-state index contributed by atoms with van der Waals surface area (Å²) in [7, 11) is 0. The molecule has 0 fully saturated rings. The zero-order valence-electron chi connectivity index (χ0n) is 8.09. The number of hydrogen-bond donors (Lipinski definition) is 1. The third-order valence-corrected chi connectivity index (χ3v) is 2.50. The molecule has 0 aromatic heterocycles. The lowest BCUT2D eigenvalue weighted by molar-refractivity contribution is 0.735. The summed E-state index contributed by atoms with van der Waals surface area (Å²) in [6.45, 7) is 6.46. The second kappa shape index (κ2) is 3.61. The normalized spacial score (nSPS) is 12.9. The molecule has 0 heterocycles. The van der Waals surface area contributed by atoms with Crippen LogP contribution >= 0.6 is 0 Å². The molecule has 2 N–H and O–H groups in total. The molecule has 0 aliphatic carbocycles. The van der Waals surface area contributed by atoms with Crippen LogP contribution in [0.5, 0.6) is 0 Å². The van der Waals surface area contributed by atoms with Crippen LogP contribution in [0.25, 0.3) is 0 Å². The summed E-state index contributed by atoms with van der Waals surface area (Å²) in [5.74, 6) is 0.574. The minimum absolute atomic E-state index is 0.574. The van der Waals surface area contributed by atoms with Crippen LogP contribution in [0.1, 0.15) is 37.3 Å². The summed E-state index contributed by atoms with van der Waals surface area (Å²) in [6.07, 6.45) is 1.15. The largest absolute Gasteiger partial charge is 0.398 e. The Kier molecular flexibility index (Phi) is 2.74. The molecule has 1 heteroatoms. The van der Waals surface area contributed by atoms with E-state index in [9.17, 15) is 0 Å². The van der Waals surface area contributed by atoms with Gasteiger partial charge in [0.1, 0.15) is 0 Å². The van der Waals surface area contributed by atoms with Crippen molar-refractivity contribution in [3.63, 3.8) is 0 Å². The Morgan fingerprint density at radius 3 is 2.67 bits per heavy atom. The van der Waals surface area contributed by atoms with Gasteiger partial charge in [-0.25, -0.2) is 0 Å². The lowest BCUT2D eigenvalue weighted by atomic mass is 9.95. The molecule has 0 saturated heterocycles. The number of nitrogen functional groups attached to an aromatic ring is 1. The number of hydrogen-bond acceptors (Lipinski definition) is 1. The van der Waals surface area contributed by atoms with E-state index >= 15 is 0 Å². The highest BCUT2D eigenvalue weighted by molar-refractivity contribution is 5.54. The molecule has 1 unspecified atom stereocenters. The predicted molar refractivity (Wildman–Crippen MR) is 54.3 cm³/mol. The summed E-state index contributed by atoms with van der Waals surface area (Å²) < 4.78 is 0. The van der Waals surface area contributed by atoms with E-state index in [1.54, 1.807) is 0 Å². The predicted octanol–water partition coefficient (Wildman–Crippen LogP) is 3.09. The zero-order valence-corrected chi connectivity index (χ0v) is 8.09. The van der Waals surface area contributed by atoms with E-state index in [2.05, 4.69) is 39.0 Å². The van der Waals surface area contributed by atoms with E-state index in [0.29, 0.717) is 5.92 Å². The van der Waals surface area contributed by atoms with E-state index in [1.165, 1.54) is 11.1 Å². The maximum atomic E-state index is 5.96. The van der Waals surface area contributed by atoms with Gasteiger partial charge in [0.2, 0.25) is 0 Å². The van der Waals surface area contributed by atoms with E-state index in [0.717, 1.165) is 12.1 Å². The third-order valence-electron chi connectivity index (χ3n) is 2.50. The fraction of sp³-hybridized carbons (Fsp3) is 0.455. The van der Waals surface area contributed by atoms with Gasteiger partial charge in [0.15, 0.2) is 0 Å². The van der Waals surface area contributed by atoms with Gasteiger partial charge < -0.3 is 5.73 Å². The van der Waals surface area contributed by atoms with Gasteiger partial charge in [-0.05, 0) is 30.4 Å². The summed E-state index contributed by atoms with van der Waals surface area (Å²) >= 11 is 0. The Bertz CT molecular complexity index is 266. The monoisotopic (exact) mass is 163 g/mol. The van der Waals surface area contributed by atoms with Crippen LogP contribution < -0.4 is 5.73 Å². The highest BCUT2D eigenvalue weighted by atomic mass is 14.6. The number of nitrogens with two attached hydrogens (primary N) is 1. The average Bonchev–Trinajstić information content (AvgIpc) is 2.08. The van der Waals surface area contributed by atoms with Gasteiger partial charge >= 0.3 is 0 Å². The van der Waals surface area contributed by atoms with Crippen molar-refractivity contribution in [3.8, 4) is 0 Å². The molecule has 1 atom stereocenters. The molecule has 0 aliphatic rings. The van der Waals surface area contributed by atoms with Crippen LogP contribution in [-0.4, -0.2) is 0 Å². The highest BCUT2D eigenvalue weighted by Crippen LogP contribution is 2.26. The van der Waals surface area contributed by atoms with Gasteiger partial charge in [-0.1, -0.05) is 32.0 Å². The molecule has 0 amide bonds. The van der Waals surface area contributed by atoms with Crippen LogP contribution in [0.4, 0.5) is 5.69 Å². The fourth-order valence-corrected chi connectivity index (χ4v) is 1.35. The third kappa shape index (κ3) is 1.60. The minimum Gasteiger partial charge on any atom is -0.398 e. The van der Waals surface area contributed by atoms with Gasteiger partial charge in [0.25, 0.3) is 0 Å². The Balaban J connectivity index is 3.07. The van der Waals surface area contributed by atoms with E-state index < -0.39 is 0 Å². The minimum atomic E-state index is 0.574. The molecule has 0 bridgehead atoms. The average molecular weight is 163 g/mol. The number of para-hydroxylation sites is 1. The molecule has 0 saturated carbocycles. The molecule has 1 aromatic rings. The molecule has 1 nitrogen and oxygen atoms in total. The lowest BCUT2D eigenvalue weighted by Crippen LogP contribution is -2.00. The van der Waals surface area contributed by atoms with E-state index in [1.807, 2.05) is 0 Å². The molecule has 0 spiro atoms. The van der Waals surface area contributed by atoms with Crippen molar-refractivity contribution < 1.29 is 0 Å². The lowest BCUT2D eigenvalue weighted by Gasteiger charge is -2.13. The van der Waals surface area contributed by atoms with Crippen LogP contribution in [0.15, 0.2) is 18.2 Å². The van der Waals surface area contributed by atoms with Crippen LogP contribution in [-0.2, 0) is 0 Å². The van der Waals surface area contributed by atoms with Crippen molar-refractivity contribution in [2.24, 2.45) is 0 Å². The van der Waals surface area contributed by atoms with Crippen LogP contribution in [0, 0.1) is 6.92 Å². The van der Waals surface area contributed by atoms with Gasteiger partial charge in [0.05, 0.1) is 0 Å². The zero-order chi connectivity index (χ0) is 9.14. The number of aryl methyl sites for hydroxylation is 1. The first-order valence-electron chi connectivity index (χ1n) is 4.51. The van der Waals surface area contributed by atoms with Gasteiger partial charge in [0, 0.05) is 5.69 Å². The van der Waals surface area contributed by atoms with E-state index in [4.69, 9.17) is 5.73 Å². The Morgan fingerprint density at radius 1 is 1.42 bits per heavy atom. The van der Waals surface area contributed by atoms with Crippen LogP contribution in [0.2, 0.25) is 0 Å². The Hall–Kier alpha value is -0.980. The molecule has 1 rings (SSSR count). The first kappa shape index (κ1) is 9.11. The Morgan fingerprint density at radius 2 is 2.08 bits per heavy atom. The van der Waals surface area contributed by atoms with Gasteiger partial charge in [-0.2, -0.15) is 0 Å². The number of anilines is 1. The molecule has 0 radical (unpaired) electrons. The molecular weight excluding hydrogens is 146 g/mol. The molecule has 66 valence electrons. The molecule has 12 heavy (non-hydrogen) atoms. The number of benzene rings is 1. The Labute approximate surface area is 74.6 Å². The maximum absolute atomic E-state index is 5.96. The van der Waals surface area contributed by atoms with Crippen molar-refractivity contribution in [2.45, 2.75) is 33.1 Å². The standard InChI is InChI=1S/C11H17N/c1-4-8(2)10-7-5-6-9(3)11(10)12/h5-8H,4,12H2,1-3H3. The quantitative estimate of drug-likeness (QED) is 0.666. The first-order chi connectivity index (χ1) is 5.66. The van der Waals surface area contributed by atoms with Crippen LogP contribution in [0.3, 0.4) is 0 Å². The van der Waals surface area contributed by atoms with Gasteiger partial charge in [-0.3, -0.25) is 0 Å². The van der Waals surface area contributed by atoms with Crippen molar-refractivity contribution >= 4 is 5.69 Å². The summed E-state index contributed by atoms with van der Waals surface area (Å²) in [4.78, 5) is 0. The maximum Gasteiger partial charge on any atom is 0.0379 e. The number of rotatable bonds is 2. The topological polar surface area (TPSA) is 26.0 Å². The van der Waals surface area contributed by atoms with Gasteiger partial charge in [-0.15, -0.1) is 0 Å². The van der Waals surface area contributed by atoms with Crippen molar-refractivity contribution in [3.05, 3.63) is 29.3 Å². The molecule has 1 aromatic carbocycles. The second-order valence-electron chi connectivity index (χ2n) is 3.39. The SMILES string of the molecule is CCC(C)c1cccc(C)c1N. The van der Waals surface area contributed by atoms with Crippen molar-refractivity contribution in [1.29, 1.82) is 0 Å². The molecule has 0 aliphatic heterocycles. The van der Waals surface area contributed by atoms with Crippen molar-refractivity contribution in [1.82, 2.24) is 0 Å². The second-order valence-corrected chi connectivity index (χ2v) is 3.39. The smallest absolute Gasteiger partial charge is 0.0379 e. The first-order valence-corrected chi connectivity index (χ1v) is 4.51. The molecular formula is C11H17N.